The number of furan rings is 1. The third kappa shape index (κ3) is 3.23. The second kappa shape index (κ2) is 6.72. The highest BCUT2D eigenvalue weighted by molar-refractivity contribution is 7.21. The van der Waals surface area contributed by atoms with Crippen LogP contribution in [0.25, 0.3) is 27.1 Å². The van der Waals surface area contributed by atoms with Crippen LogP contribution in [0, 0.1) is 0 Å². The van der Waals surface area contributed by atoms with Gasteiger partial charge in [0.25, 0.3) is 0 Å². The summed E-state index contributed by atoms with van der Waals surface area (Å²) in [4.78, 5) is 16.8. The minimum atomic E-state index is -0.102. The summed E-state index contributed by atoms with van der Waals surface area (Å²) in [7, 11) is 0. The number of benzene rings is 1. The van der Waals surface area contributed by atoms with Gasteiger partial charge in [-0.15, -0.1) is 11.3 Å². The van der Waals surface area contributed by atoms with Crippen molar-refractivity contribution in [2.24, 2.45) is 0 Å². The van der Waals surface area contributed by atoms with Crippen LogP contribution >= 0.6 is 11.3 Å². The topological polar surface area (TPSA) is 60.9 Å². The number of para-hydroxylation sites is 1. The summed E-state index contributed by atoms with van der Waals surface area (Å²) in [6.45, 7) is 4.03. The first kappa shape index (κ1) is 16.5. The van der Waals surface area contributed by atoms with Gasteiger partial charge in [-0.3, -0.25) is 9.48 Å². The smallest absolute Gasteiger partial charge is 0.189 e. The van der Waals surface area contributed by atoms with E-state index in [9.17, 15) is 4.79 Å². The highest BCUT2D eigenvalue weighted by Gasteiger charge is 2.10. The number of ketones is 1. The van der Waals surface area contributed by atoms with Crippen molar-refractivity contribution < 1.29 is 9.21 Å². The minimum Gasteiger partial charge on any atom is -0.454 e. The number of carbonyl (C=O) groups is 1. The first-order valence-electron chi connectivity index (χ1n) is 8.32. The highest BCUT2D eigenvalue weighted by atomic mass is 32.1. The Morgan fingerprint density at radius 2 is 2.08 bits per heavy atom. The molecule has 0 aliphatic heterocycles. The number of carbonyl (C=O) groups excluding carboxylic acids is 1. The van der Waals surface area contributed by atoms with Crippen molar-refractivity contribution >= 4 is 33.4 Å². The molecule has 0 N–H and O–H groups in total. The van der Waals surface area contributed by atoms with E-state index in [0.29, 0.717) is 17.1 Å². The molecule has 0 spiro atoms. The van der Waals surface area contributed by atoms with Gasteiger partial charge in [-0.2, -0.15) is 5.10 Å². The van der Waals surface area contributed by atoms with Crippen LogP contribution in [0.3, 0.4) is 0 Å². The van der Waals surface area contributed by atoms with Crippen LogP contribution in [0.1, 0.15) is 36.0 Å². The predicted octanol–water partition coefficient (Wildman–Crippen LogP) is 5.23. The molecule has 3 aromatic heterocycles. The number of fused-ring (bicyclic) bond motifs is 1. The van der Waals surface area contributed by atoms with Gasteiger partial charge in [-0.1, -0.05) is 12.1 Å². The van der Waals surface area contributed by atoms with Gasteiger partial charge in [0.1, 0.15) is 5.76 Å². The number of aromatic nitrogens is 3. The lowest BCUT2D eigenvalue weighted by Crippen LogP contribution is -2.00. The third-order valence-electron chi connectivity index (χ3n) is 3.95. The second-order valence-electron chi connectivity index (χ2n) is 6.19. The van der Waals surface area contributed by atoms with Gasteiger partial charge in [-0.05, 0) is 50.3 Å². The van der Waals surface area contributed by atoms with Crippen molar-refractivity contribution in [3.05, 3.63) is 66.2 Å². The lowest BCUT2D eigenvalue weighted by atomic mass is 10.2. The fraction of sp³-hybridized carbons (Fsp3) is 0.150. The molecule has 3 heterocycles. The summed E-state index contributed by atoms with van der Waals surface area (Å²) in [5.74, 6) is 1.21. The molecule has 0 aliphatic rings. The average molecular weight is 363 g/mol. The molecule has 0 aliphatic carbocycles. The monoisotopic (exact) mass is 363 g/mol. The summed E-state index contributed by atoms with van der Waals surface area (Å²) < 4.78 is 8.70. The Morgan fingerprint density at radius 1 is 1.23 bits per heavy atom. The van der Waals surface area contributed by atoms with Crippen molar-refractivity contribution in [3.8, 4) is 10.8 Å². The third-order valence-corrected chi connectivity index (χ3v) is 5.00. The van der Waals surface area contributed by atoms with Crippen LogP contribution in [-0.4, -0.2) is 20.5 Å². The van der Waals surface area contributed by atoms with E-state index in [1.807, 2.05) is 50.2 Å². The van der Waals surface area contributed by atoms with E-state index in [2.05, 4.69) is 10.1 Å². The Hall–Kier alpha value is -2.99. The lowest BCUT2D eigenvalue weighted by molar-refractivity contribution is 0.104. The molecule has 0 fully saturated rings. The first-order chi connectivity index (χ1) is 12.6. The maximum Gasteiger partial charge on any atom is 0.189 e. The number of nitrogens with zero attached hydrogens (tertiary/aromatic N) is 3. The van der Waals surface area contributed by atoms with E-state index in [-0.39, 0.29) is 11.8 Å². The zero-order chi connectivity index (χ0) is 18.1. The zero-order valence-electron chi connectivity index (χ0n) is 14.4. The normalized spacial score (nSPS) is 11.8. The number of hydrogen-bond donors (Lipinski definition) is 0. The van der Waals surface area contributed by atoms with Gasteiger partial charge >= 0.3 is 0 Å². The zero-order valence-corrected chi connectivity index (χ0v) is 15.2. The summed E-state index contributed by atoms with van der Waals surface area (Å²) >= 11 is 1.58. The fourth-order valence-electron chi connectivity index (χ4n) is 2.54. The molecular weight excluding hydrogens is 346 g/mol. The van der Waals surface area contributed by atoms with Gasteiger partial charge in [-0.25, -0.2) is 4.98 Å². The number of allylic oxidation sites excluding steroid dienone is 1. The van der Waals surface area contributed by atoms with E-state index < -0.39 is 0 Å². The molecule has 4 rings (SSSR count). The Kier molecular flexibility index (Phi) is 4.26. The van der Waals surface area contributed by atoms with Gasteiger partial charge in [0.15, 0.2) is 16.6 Å². The maximum absolute atomic E-state index is 12.3. The van der Waals surface area contributed by atoms with Crippen LogP contribution in [0.15, 0.2) is 59.3 Å². The standard InChI is InChI=1S/C20H17N3O2S/c1-13(2)23-12-14(11-21-23)17(24)9-7-15-8-10-18(25-15)20-22-16-5-3-4-6-19(16)26-20/h3-13H,1-2H3/b9-7+. The molecule has 0 saturated carbocycles. The molecule has 5 nitrogen and oxygen atoms in total. The quantitative estimate of drug-likeness (QED) is 0.360. The summed E-state index contributed by atoms with van der Waals surface area (Å²) in [6.07, 6.45) is 6.52. The van der Waals surface area contributed by atoms with Crippen LogP contribution < -0.4 is 0 Å². The molecule has 0 unspecified atom stereocenters. The summed E-state index contributed by atoms with van der Waals surface area (Å²) in [5, 5.41) is 5.02. The molecule has 130 valence electrons. The van der Waals surface area contributed by atoms with Crippen molar-refractivity contribution in [2.75, 3.05) is 0 Å². The van der Waals surface area contributed by atoms with E-state index >= 15 is 0 Å². The van der Waals surface area contributed by atoms with E-state index in [0.717, 1.165) is 15.2 Å². The van der Waals surface area contributed by atoms with Gasteiger partial charge in [0.05, 0.1) is 22.0 Å². The fourth-order valence-corrected chi connectivity index (χ4v) is 3.46. The maximum atomic E-state index is 12.3. The summed E-state index contributed by atoms with van der Waals surface area (Å²) in [6, 6.07) is 11.9. The Labute approximate surface area is 154 Å². The Bertz CT molecular complexity index is 1070. The van der Waals surface area contributed by atoms with Gasteiger partial charge in [0, 0.05) is 12.2 Å². The second-order valence-corrected chi connectivity index (χ2v) is 7.22. The Balaban J connectivity index is 1.52. The van der Waals surface area contributed by atoms with Crippen molar-refractivity contribution in [1.29, 1.82) is 0 Å². The largest absolute Gasteiger partial charge is 0.454 e. The number of hydrogen-bond acceptors (Lipinski definition) is 5. The predicted molar refractivity (Wildman–Crippen MR) is 103 cm³/mol. The molecule has 26 heavy (non-hydrogen) atoms. The lowest BCUT2D eigenvalue weighted by Gasteiger charge is -2.02. The van der Waals surface area contributed by atoms with Crippen LogP contribution in [-0.2, 0) is 0 Å². The number of thiazole rings is 1. The van der Waals surface area contributed by atoms with Crippen LogP contribution in [0.5, 0.6) is 0 Å². The van der Waals surface area contributed by atoms with E-state index in [1.165, 1.54) is 6.08 Å². The molecule has 0 bridgehead atoms. The van der Waals surface area contributed by atoms with Crippen LogP contribution in [0.4, 0.5) is 0 Å². The van der Waals surface area contributed by atoms with Crippen molar-refractivity contribution in [2.45, 2.75) is 19.9 Å². The van der Waals surface area contributed by atoms with Gasteiger partial charge in [0.2, 0.25) is 0 Å². The van der Waals surface area contributed by atoms with Crippen molar-refractivity contribution in [1.82, 2.24) is 14.8 Å². The van der Waals surface area contributed by atoms with E-state index in [4.69, 9.17) is 4.42 Å². The SMILES string of the molecule is CC(C)n1cc(C(=O)/C=C/c2ccc(-c3nc4ccccc4s3)o2)cn1. The molecule has 0 atom stereocenters. The molecule has 0 saturated heterocycles. The first-order valence-corrected chi connectivity index (χ1v) is 9.14. The molecule has 0 amide bonds. The Morgan fingerprint density at radius 3 is 2.85 bits per heavy atom. The number of rotatable bonds is 5. The highest BCUT2D eigenvalue weighted by Crippen LogP contribution is 2.31. The molecule has 4 aromatic rings. The minimum absolute atomic E-state index is 0.102. The average Bonchev–Trinajstić information content (AvgIpc) is 3.37. The van der Waals surface area contributed by atoms with Gasteiger partial charge < -0.3 is 4.42 Å². The summed E-state index contributed by atoms with van der Waals surface area (Å²) in [5.41, 5.74) is 1.52. The molecule has 6 heteroatoms. The van der Waals surface area contributed by atoms with E-state index in [1.54, 1.807) is 34.5 Å². The molecular formula is C20H17N3O2S. The molecule has 0 radical (unpaired) electrons. The van der Waals surface area contributed by atoms with Crippen molar-refractivity contribution in [3.63, 3.8) is 0 Å². The molecule has 1 aromatic carbocycles. The van der Waals surface area contributed by atoms with Crippen LogP contribution in [0.2, 0.25) is 0 Å².